The van der Waals surface area contributed by atoms with Gasteiger partial charge in [0.25, 0.3) is 0 Å². The van der Waals surface area contributed by atoms with Crippen LogP contribution in [0.15, 0.2) is 24.3 Å². The maximum absolute atomic E-state index is 11.7. The van der Waals surface area contributed by atoms with Crippen molar-refractivity contribution in [3.05, 3.63) is 35.4 Å². The lowest BCUT2D eigenvalue weighted by molar-refractivity contribution is -0.132. The number of piperazine rings is 1. The fraction of sp³-hybridized carbons (Fsp3) is 0.429. The Bertz CT molecular complexity index is 487. The van der Waals surface area contributed by atoms with E-state index in [1.54, 1.807) is 19.1 Å². The summed E-state index contributed by atoms with van der Waals surface area (Å²) in [5.41, 5.74) is 1.46. The maximum Gasteiger partial charge on any atom is 0.337 e. The van der Waals surface area contributed by atoms with Gasteiger partial charge in [-0.05, 0) is 17.7 Å². The maximum atomic E-state index is 11.7. The van der Waals surface area contributed by atoms with Gasteiger partial charge >= 0.3 is 5.97 Å². The van der Waals surface area contributed by atoms with Crippen molar-refractivity contribution in [3.63, 3.8) is 0 Å². The highest BCUT2D eigenvalue weighted by Gasteiger charge is 2.26. The summed E-state index contributed by atoms with van der Waals surface area (Å²) >= 11 is 0. The van der Waals surface area contributed by atoms with E-state index < -0.39 is 0 Å². The van der Waals surface area contributed by atoms with Crippen LogP contribution in [0, 0.1) is 0 Å². The van der Waals surface area contributed by atoms with E-state index in [1.807, 2.05) is 17.0 Å². The van der Waals surface area contributed by atoms with Gasteiger partial charge in [-0.25, -0.2) is 4.79 Å². The largest absolute Gasteiger partial charge is 0.465 e. The fourth-order valence-electron chi connectivity index (χ4n) is 2.37. The molecule has 19 heavy (non-hydrogen) atoms. The summed E-state index contributed by atoms with van der Waals surface area (Å²) in [6.07, 6.45) is 0. The molecule has 1 saturated heterocycles. The monoisotopic (exact) mass is 262 g/mol. The molecule has 0 unspecified atom stereocenters. The van der Waals surface area contributed by atoms with Gasteiger partial charge in [-0.2, -0.15) is 0 Å². The van der Waals surface area contributed by atoms with E-state index in [-0.39, 0.29) is 17.9 Å². The predicted octanol–water partition coefficient (Wildman–Crippen LogP) is 0.966. The van der Waals surface area contributed by atoms with Crippen molar-refractivity contribution in [1.29, 1.82) is 0 Å². The standard InChI is InChI=1S/C14H18N2O3/c1-10(17)16-7-6-15-9-13(16)11-4-3-5-12(8-11)14(18)19-2/h3-5,8,13,15H,6-7,9H2,1-2H3/t13-/m1/s1. The molecule has 1 fully saturated rings. The summed E-state index contributed by atoms with van der Waals surface area (Å²) in [7, 11) is 1.36. The van der Waals surface area contributed by atoms with Crippen molar-refractivity contribution in [2.45, 2.75) is 13.0 Å². The van der Waals surface area contributed by atoms with Gasteiger partial charge in [0.15, 0.2) is 0 Å². The molecule has 2 rings (SSSR count). The Labute approximate surface area is 112 Å². The van der Waals surface area contributed by atoms with Crippen LogP contribution in [0.5, 0.6) is 0 Å². The van der Waals surface area contributed by atoms with Crippen LogP contribution in [0.2, 0.25) is 0 Å². The van der Waals surface area contributed by atoms with Crippen LogP contribution in [-0.2, 0) is 9.53 Å². The van der Waals surface area contributed by atoms with Gasteiger partial charge in [-0.3, -0.25) is 4.79 Å². The minimum absolute atomic E-state index is 0.0316. The molecule has 0 aromatic heterocycles. The van der Waals surface area contributed by atoms with Gasteiger partial charge in [-0.1, -0.05) is 12.1 Å². The zero-order chi connectivity index (χ0) is 13.8. The average Bonchev–Trinajstić information content (AvgIpc) is 2.46. The van der Waals surface area contributed by atoms with E-state index in [1.165, 1.54) is 7.11 Å². The fourth-order valence-corrected chi connectivity index (χ4v) is 2.37. The molecule has 0 spiro atoms. The zero-order valence-corrected chi connectivity index (χ0v) is 11.2. The summed E-state index contributed by atoms with van der Waals surface area (Å²) < 4.78 is 4.72. The van der Waals surface area contributed by atoms with Crippen LogP contribution in [0.4, 0.5) is 0 Å². The van der Waals surface area contributed by atoms with Crippen LogP contribution >= 0.6 is 0 Å². The Morgan fingerprint density at radius 1 is 1.42 bits per heavy atom. The summed E-state index contributed by atoms with van der Waals surface area (Å²) in [6, 6.07) is 7.22. The molecule has 1 aliphatic heterocycles. The molecule has 1 aliphatic rings. The Morgan fingerprint density at radius 2 is 2.21 bits per heavy atom. The first-order valence-electron chi connectivity index (χ1n) is 6.29. The Kier molecular flexibility index (Phi) is 4.16. The number of carbonyl (C=O) groups is 2. The first kappa shape index (κ1) is 13.5. The smallest absolute Gasteiger partial charge is 0.337 e. The number of carbonyl (C=O) groups excluding carboxylic acids is 2. The van der Waals surface area contributed by atoms with E-state index in [0.717, 1.165) is 12.1 Å². The molecule has 5 heteroatoms. The van der Waals surface area contributed by atoms with Crippen molar-refractivity contribution < 1.29 is 14.3 Å². The third-order valence-corrected chi connectivity index (χ3v) is 3.34. The molecule has 1 atom stereocenters. The zero-order valence-electron chi connectivity index (χ0n) is 11.2. The molecule has 1 aromatic carbocycles. The number of rotatable bonds is 2. The number of nitrogens with zero attached hydrogens (tertiary/aromatic N) is 1. The van der Waals surface area contributed by atoms with Crippen molar-refractivity contribution >= 4 is 11.9 Å². The summed E-state index contributed by atoms with van der Waals surface area (Å²) in [6.45, 7) is 3.75. The molecule has 0 saturated carbocycles. The van der Waals surface area contributed by atoms with Gasteiger partial charge in [-0.15, -0.1) is 0 Å². The van der Waals surface area contributed by atoms with E-state index in [4.69, 9.17) is 4.74 Å². The Morgan fingerprint density at radius 3 is 2.89 bits per heavy atom. The number of ether oxygens (including phenoxy) is 1. The summed E-state index contributed by atoms with van der Waals surface area (Å²) in [4.78, 5) is 25.0. The first-order chi connectivity index (χ1) is 9.13. The van der Waals surface area contributed by atoms with Crippen LogP contribution < -0.4 is 5.32 Å². The SMILES string of the molecule is COC(=O)c1cccc([C@H]2CNCCN2C(C)=O)c1. The quantitative estimate of drug-likeness (QED) is 0.807. The van der Waals surface area contributed by atoms with E-state index in [0.29, 0.717) is 18.7 Å². The third kappa shape index (κ3) is 2.93. The molecule has 0 aliphatic carbocycles. The number of benzene rings is 1. The van der Waals surface area contributed by atoms with E-state index >= 15 is 0 Å². The van der Waals surface area contributed by atoms with Crippen molar-refractivity contribution in [2.75, 3.05) is 26.7 Å². The van der Waals surface area contributed by atoms with Crippen LogP contribution in [0.1, 0.15) is 28.9 Å². The highest BCUT2D eigenvalue weighted by atomic mass is 16.5. The number of hydrogen-bond acceptors (Lipinski definition) is 4. The second-order valence-electron chi connectivity index (χ2n) is 4.55. The van der Waals surface area contributed by atoms with Crippen molar-refractivity contribution in [3.8, 4) is 0 Å². The lowest BCUT2D eigenvalue weighted by Crippen LogP contribution is -2.47. The van der Waals surface area contributed by atoms with Gasteiger partial charge < -0.3 is 15.0 Å². The average molecular weight is 262 g/mol. The van der Waals surface area contributed by atoms with E-state index in [9.17, 15) is 9.59 Å². The summed E-state index contributed by atoms with van der Waals surface area (Å²) in [5, 5.41) is 3.27. The van der Waals surface area contributed by atoms with Crippen molar-refractivity contribution in [1.82, 2.24) is 10.2 Å². The number of amides is 1. The molecule has 1 amide bonds. The first-order valence-corrected chi connectivity index (χ1v) is 6.29. The summed E-state index contributed by atoms with van der Waals surface area (Å²) in [5.74, 6) is -0.310. The number of hydrogen-bond donors (Lipinski definition) is 1. The molecule has 1 heterocycles. The minimum Gasteiger partial charge on any atom is -0.465 e. The number of methoxy groups -OCH3 is 1. The lowest BCUT2D eigenvalue weighted by atomic mass is 10.0. The third-order valence-electron chi connectivity index (χ3n) is 3.34. The molecule has 0 bridgehead atoms. The van der Waals surface area contributed by atoms with Gasteiger partial charge in [0.2, 0.25) is 5.91 Å². The van der Waals surface area contributed by atoms with Crippen LogP contribution in [-0.4, -0.2) is 43.5 Å². The van der Waals surface area contributed by atoms with E-state index in [2.05, 4.69) is 5.32 Å². The predicted molar refractivity (Wildman–Crippen MR) is 70.8 cm³/mol. The number of nitrogens with one attached hydrogen (secondary N) is 1. The normalized spacial score (nSPS) is 19.1. The molecule has 102 valence electrons. The van der Waals surface area contributed by atoms with Crippen LogP contribution in [0.3, 0.4) is 0 Å². The van der Waals surface area contributed by atoms with Gasteiger partial charge in [0.05, 0.1) is 18.7 Å². The van der Waals surface area contributed by atoms with Gasteiger partial charge in [0.1, 0.15) is 0 Å². The second-order valence-corrected chi connectivity index (χ2v) is 4.55. The highest BCUT2D eigenvalue weighted by Crippen LogP contribution is 2.23. The van der Waals surface area contributed by atoms with Gasteiger partial charge in [0, 0.05) is 26.6 Å². The molecule has 1 N–H and O–H groups in total. The minimum atomic E-state index is -0.361. The molecule has 0 radical (unpaired) electrons. The molecule has 5 nitrogen and oxygen atoms in total. The topological polar surface area (TPSA) is 58.6 Å². The highest BCUT2D eigenvalue weighted by molar-refractivity contribution is 5.89. The Hall–Kier alpha value is -1.88. The van der Waals surface area contributed by atoms with Crippen LogP contribution in [0.25, 0.3) is 0 Å². The lowest BCUT2D eigenvalue weighted by Gasteiger charge is -2.36. The Balaban J connectivity index is 2.29. The molecular weight excluding hydrogens is 244 g/mol. The van der Waals surface area contributed by atoms with Crippen molar-refractivity contribution in [2.24, 2.45) is 0 Å². The second kappa shape index (κ2) is 5.84. The molecule has 1 aromatic rings. The number of esters is 1. The molecular formula is C14H18N2O3.